The molecule has 2 aromatic rings. The Kier molecular flexibility index (Phi) is 5.02. The van der Waals surface area contributed by atoms with E-state index < -0.39 is 0 Å². The van der Waals surface area contributed by atoms with Gasteiger partial charge in [-0.15, -0.1) is 11.3 Å². The fraction of sp³-hybridized carbons (Fsp3) is 0.353. The second-order valence-electron chi connectivity index (χ2n) is 5.39. The van der Waals surface area contributed by atoms with Crippen LogP contribution in [0.5, 0.6) is 0 Å². The van der Waals surface area contributed by atoms with Crippen LogP contribution in [-0.4, -0.2) is 23.9 Å². The molecule has 1 amide bonds. The van der Waals surface area contributed by atoms with Crippen molar-refractivity contribution in [3.05, 3.63) is 51.7 Å². The molecule has 0 unspecified atom stereocenters. The number of rotatable bonds is 5. The molecule has 1 aromatic heterocycles. The minimum atomic E-state index is 0.0959. The maximum Gasteiger partial charge on any atom is 0.254 e. The maximum absolute atomic E-state index is 12.8. The number of anilines is 1. The molecule has 0 aliphatic carbocycles. The average Bonchev–Trinajstić information content (AvgIpc) is 2.96. The minimum absolute atomic E-state index is 0.0959. The van der Waals surface area contributed by atoms with Crippen molar-refractivity contribution in [1.29, 1.82) is 0 Å². The topological polar surface area (TPSA) is 32.3 Å². The molecule has 0 aliphatic rings. The number of carbonyl (C=O) groups is 1. The van der Waals surface area contributed by atoms with Crippen LogP contribution in [0.25, 0.3) is 0 Å². The zero-order valence-corrected chi connectivity index (χ0v) is 13.8. The number of benzene rings is 1. The van der Waals surface area contributed by atoms with Crippen LogP contribution in [0.15, 0.2) is 35.7 Å². The van der Waals surface area contributed by atoms with Gasteiger partial charge >= 0.3 is 0 Å². The Morgan fingerprint density at radius 1 is 1.33 bits per heavy atom. The van der Waals surface area contributed by atoms with Gasteiger partial charge in [-0.05, 0) is 56.0 Å². The monoisotopic (exact) mass is 302 g/mol. The van der Waals surface area contributed by atoms with Crippen LogP contribution in [0.4, 0.5) is 5.69 Å². The molecule has 1 aromatic carbocycles. The third-order valence-corrected chi connectivity index (χ3v) is 4.40. The third-order valence-electron chi connectivity index (χ3n) is 3.54. The summed E-state index contributed by atoms with van der Waals surface area (Å²) in [4.78, 5) is 16.0. The Bertz CT molecular complexity index is 605. The molecule has 0 spiro atoms. The first-order valence-electron chi connectivity index (χ1n) is 7.14. The zero-order valence-electron chi connectivity index (χ0n) is 13.0. The van der Waals surface area contributed by atoms with Crippen molar-refractivity contribution in [3.63, 3.8) is 0 Å². The molecule has 21 heavy (non-hydrogen) atoms. The number of nitrogens with one attached hydrogen (secondary N) is 1. The lowest BCUT2D eigenvalue weighted by Crippen LogP contribution is -2.36. The van der Waals surface area contributed by atoms with Gasteiger partial charge in [-0.1, -0.05) is 6.07 Å². The van der Waals surface area contributed by atoms with E-state index in [1.807, 2.05) is 48.5 Å². The Balaban J connectivity index is 2.26. The molecule has 4 heteroatoms. The van der Waals surface area contributed by atoms with Gasteiger partial charge in [0.15, 0.2) is 0 Å². The van der Waals surface area contributed by atoms with Gasteiger partial charge in [-0.2, -0.15) is 0 Å². The predicted octanol–water partition coefficient (Wildman–Crippen LogP) is 4.15. The van der Waals surface area contributed by atoms with E-state index in [2.05, 4.69) is 25.2 Å². The normalized spacial score (nSPS) is 10.7. The Morgan fingerprint density at radius 2 is 2.10 bits per heavy atom. The SMILES string of the molecule is CNc1ccc(C(=O)N(Cc2cccs2)C(C)C)c(C)c1. The number of hydrogen-bond acceptors (Lipinski definition) is 3. The smallest absolute Gasteiger partial charge is 0.254 e. The van der Waals surface area contributed by atoms with Crippen molar-refractivity contribution in [1.82, 2.24) is 4.90 Å². The molecule has 0 atom stereocenters. The largest absolute Gasteiger partial charge is 0.388 e. The molecule has 0 bridgehead atoms. The summed E-state index contributed by atoms with van der Waals surface area (Å²) in [5.41, 5.74) is 2.81. The van der Waals surface area contributed by atoms with E-state index in [0.29, 0.717) is 6.54 Å². The summed E-state index contributed by atoms with van der Waals surface area (Å²) in [6, 6.07) is 10.1. The predicted molar refractivity (Wildman–Crippen MR) is 90.1 cm³/mol. The molecule has 3 nitrogen and oxygen atoms in total. The van der Waals surface area contributed by atoms with Gasteiger partial charge in [-0.3, -0.25) is 4.79 Å². The number of thiophene rings is 1. The summed E-state index contributed by atoms with van der Waals surface area (Å²) >= 11 is 1.69. The molecule has 0 fully saturated rings. The van der Waals surface area contributed by atoms with Crippen LogP contribution in [0.1, 0.15) is 34.6 Å². The molecule has 2 rings (SSSR count). The lowest BCUT2D eigenvalue weighted by Gasteiger charge is -2.27. The van der Waals surface area contributed by atoms with Crippen LogP contribution >= 0.6 is 11.3 Å². The second kappa shape index (κ2) is 6.76. The van der Waals surface area contributed by atoms with Crippen LogP contribution in [0, 0.1) is 6.92 Å². The van der Waals surface area contributed by atoms with Crippen LogP contribution in [-0.2, 0) is 6.54 Å². The summed E-state index contributed by atoms with van der Waals surface area (Å²) in [7, 11) is 1.88. The molecule has 0 saturated carbocycles. The molecular formula is C17H22N2OS. The summed E-state index contributed by atoms with van der Waals surface area (Å²) in [5, 5.41) is 5.15. The number of amides is 1. The molecule has 0 aliphatic heterocycles. The molecule has 112 valence electrons. The highest BCUT2D eigenvalue weighted by Gasteiger charge is 2.21. The highest BCUT2D eigenvalue weighted by molar-refractivity contribution is 7.09. The van der Waals surface area contributed by atoms with E-state index in [-0.39, 0.29) is 11.9 Å². The van der Waals surface area contributed by atoms with Gasteiger partial charge in [0.25, 0.3) is 5.91 Å². The Morgan fingerprint density at radius 3 is 2.62 bits per heavy atom. The van der Waals surface area contributed by atoms with Crippen molar-refractivity contribution < 1.29 is 4.79 Å². The standard InChI is InChI=1S/C17H22N2OS/c1-12(2)19(11-15-6-5-9-21-15)17(20)16-8-7-14(18-4)10-13(16)3/h5-10,12,18H,11H2,1-4H3. The first-order valence-corrected chi connectivity index (χ1v) is 8.02. The molecule has 0 radical (unpaired) electrons. The quantitative estimate of drug-likeness (QED) is 0.900. The van der Waals surface area contributed by atoms with Crippen molar-refractivity contribution in [2.75, 3.05) is 12.4 Å². The van der Waals surface area contributed by atoms with Crippen LogP contribution < -0.4 is 5.32 Å². The summed E-state index contributed by atoms with van der Waals surface area (Å²) < 4.78 is 0. The van der Waals surface area contributed by atoms with Crippen LogP contribution in [0.3, 0.4) is 0 Å². The van der Waals surface area contributed by atoms with E-state index in [9.17, 15) is 4.79 Å². The number of carbonyl (C=O) groups excluding carboxylic acids is 1. The average molecular weight is 302 g/mol. The summed E-state index contributed by atoms with van der Waals surface area (Å²) in [6.07, 6.45) is 0. The van der Waals surface area contributed by atoms with Crippen molar-refractivity contribution in [2.45, 2.75) is 33.4 Å². The maximum atomic E-state index is 12.8. The van der Waals surface area contributed by atoms with Crippen molar-refractivity contribution >= 4 is 22.9 Å². The van der Waals surface area contributed by atoms with Crippen molar-refractivity contribution in [2.24, 2.45) is 0 Å². The number of nitrogens with zero attached hydrogens (tertiary/aromatic N) is 1. The van der Waals surface area contributed by atoms with Crippen molar-refractivity contribution in [3.8, 4) is 0 Å². The van der Waals surface area contributed by atoms with Gasteiger partial charge in [0.1, 0.15) is 0 Å². The third kappa shape index (κ3) is 3.64. The fourth-order valence-corrected chi connectivity index (χ4v) is 2.98. The van der Waals surface area contributed by atoms with E-state index in [1.165, 1.54) is 4.88 Å². The Hall–Kier alpha value is -1.81. The van der Waals surface area contributed by atoms with Gasteiger partial charge in [0.2, 0.25) is 0 Å². The first-order chi connectivity index (χ1) is 10.0. The number of aryl methyl sites for hydroxylation is 1. The lowest BCUT2D eigenvalue weighted by atomic mass is 10.1. The molecule has 0 saturated heterocycles. The summed E-state index contributed by atoms with van der Waals surface area (Å²) in [5.74, 6) is 0.0959. The van der Waals surface area contributed by atoms with Gasteiger partial charge in [0, 0.05) is 29.2 Å². The van der Waals surface area contributed by atoms with Gasteiger partial charge in [0.05, 0.1) is 6.54 Å². The zero-order chi connectivity index (χ0) is 15.4. The van der Waals surface area contributed by atoms with E-state index in [1.54, 1.807) is 11.3 Å². The van der Waals surface area contributed by atoms with E-state index in [4.69, 9.17) is 0 Å². The lowest BCUT2D eigenvalue weighted by molar-refractivity contribution is 0.0691. The Labute approximate surface area is 130 Å². The molecular weight excluding hydrogens is 280 g/mol. The van der Waals surface area contributed by atoms with E-state index >= 15 is 0 Å². The summed E-state index contributed by atoms with van der Waals surface area (Å²) in [6.45, 7) is 6.77. The first kappa shape index (κ1) is 15.6. The molecule has 1 heterocycles. The second-order valence-corrected chi connectivity index (χ2v) is 6.42. The van der Waals surface area contributed by atoms with Gasteiger partial charge < -0.3 is 10.2 Å². The van der Waals surface area contributed by atoms with Gasteiger partial charge in [-0.25, -0.2) is 0 Å². The highest BCUT2D eigenvalue weighted by atomic mass is 32.1. The fourth-order valence-electron chi connectivity index (χ4n) is 2.27. The number of hydrogen-bond donors (Lipinski definition) is 1. The molecule has 1 N–H and O–H groups in total. The highest BCUT2D eigenvalue weighted by Crippen LogP contribution is 2.20. The van der Waals surface area contributed by atoms with Crippen LogP contribution in [0.2, 0.25) is 0 Å². The minimum Gasteiger partial charge on any atom is -0.388 e. The van der Waals surface area contributed by atoms with E-state index in [0.717, 1.165) is 16.8 Å².